The minimum absolute atomic E-state index is 0.0866. The molecule has 1 aliphatic heterocycles. The molecule has 0 spiro atoms. The van der Waals surface area contributed by atoms with E-state index in [1.807, 2.05) is 25.1 Å². The topological polar surface area (TPSA) is 106 Å². The highest BCUT2D eigenvalue weighted by Crippen LogP contribution is 2.19. The molecule has 0 bridgehead atoms. The van der Waals surface area contributed by atoms with Gasteiger partial charge >= 0.3 is 0 Å². The molecule has 1 aliphatic rings. The summed E-state index contributed by atoms with van der Waals surface area (Å²) in [7, 11) is 0. The maximum absolute atomic E-state index is 12.9. The molecule has 2 N–H and O–H groups in total. The molecule has 0 aliphatic carbocycles. The maximum atomic E-state index is 12.9. The molecule has 8 nitrogen and oxygen atoms in total. The normalized spacial score (nSPS) is 16.8. The first-order valence-electron chi connectivity index (χ1n) is 9.35. The predicted octanol–water partition coefficient (Wildman–Crippen LogP) is 1.41. The van der Waals surface area contributed by atoms with Gasteiger partial charge in [-0.3, -0.25) is 19.2 Å². The molecule has 0 radical (unpaired) electrons. The summed E-state index contributed by atoms with van der Waals surface area (Å²) in [6, 6.07) is 11.5. The van der Waals surface area contributed by atoms with Gasteiger partial charge in [-0.1, -0.05) is 18.2 Å². The third-order valence-corrected chi connectivity index (χ3v) is 5.21. The average Bonchev–Trinajstić information content (AvgIpc) is 3.15. The van der Waals surface area contributed by atoms with Crippen molar-refractivity contribution in [1.82, 2.24) is 19.8 Å². The number of Topliss-reactive ketones (excluding diaryl/α,β-unsaturated/α-hetero) is 1. The Morgan fingerprint density at radius 1 is 1.03 bits per heavy atom. The summed E-state index contributed by atoms with van der Waals surface area (Å²) in [6.07, 6.45) is 1.43. The molecule has 8 heteroatoms. The van der Waals surface area contributed by atoms with Gasteiger partial charge in [0.1, 0.15) is 5.65 Å². The zero-order chi connectivity index (χ0) is 20.5. The molecule has 0 saturated carbocycles. The molecule has 148 valence electrons. The molecule has 3 aromatic rings. The molecule has 1 saturated heterocycles. The summed E-state index contributed by atoms with van der Waals surface area (Å²) in [5.74, 6) is -1.34. The number of H-pyrrole nitrogens is 2. The summed E-state index contributed by atoms with van der Waals surface area (Å²) in [6.45, 7) is 2.82. The molecule has 0 unspecified atom stereocenters. The SMILES string of the molecule is C[C@@H]1CN(C(=O)c2ccccc2)CCN1C(=O)C(=O)c1c[nH]c2[nH]c(=O)ccc12. The number of hydrogen-bond donors (Lipinski definition) is 2. The van der Waals surface area contributed by atoms with E-state index in [0.717, 1.165) is 0 Å². The largest absolute Gasteiger partial charge is 0.347 e. The lowest BCUT2D eigenvalue weighted by Gasteiger charge is -2.39. The van der Waals surface area contributed by atoms with Gasteiger partial charge in [0.15, 0.2) is 0 Å². The summed E-state index contributed by atoms with van der Waals surface area (Å²) >= 11 is 0. The molecular formula is C21H20N4O4. The molecule has 1 fully saturated rings. The van der Waals surface area contributed by atoms with Gasteiger partial charge in [-0.05, 0) is 25.1 Å². The number of nitrogens with zero attached hydrogens (tertiary/aromatic N) is 2. The Morgan fingerprint density at radius 2 is 1.79 bits per heavy atom. The Bertz CT molecular complexity index is 1150. The fourth-order valence-electron chi connectivity index (χ4n) is 3.68. The summed E-state index contributed by atoms with van der Waals surface area (Å²) < 4.78 is 0. The fourth-order valence-corrected chi connectivity index (χ4v) is 3.68. The number of benzene rings is 1. The number of fused-ring (bicyclic) bond motifs is 1. The zero-order valence-electron chi connectivity index (χ0n) is 15.8. The predicted molar refractivity (Wildman–Crippen MR) is 107 cm³/mol. The second-order valence-corrected chi connectivity index (χ2v) is 7.11. The van der Waals surface area contributed by atoms with E-state index >= 15 is 0 Å². The lowest BCUT2D eigenvalue weighted by atomic mass is 10.1. The quantitative estimate of drug-likeness (QED) is 0.519. The number of pyridine rings is 1. The highest BCUT2D eigenvalue weighted by atomic mass is 16.2. The lowest BCUT2D eigenvalue weighted by Crippen LogP contribution is -2.56. The molecule has 4 rings (SSSR count). The Balaban J connectivity index is 1.49. The molecule has 29 heavy (non-hydrogen) atoms. The van der Waals surface area contributed by atoms with Crippen molar-refractivity contribution >= 4 is 28.6 Å². The Labute approximate surface area is 166 Å². The van der Waals surface area contributed by atoms with Crippen molar-refractivity contribution in [3.63, 3.8) is 0 Å². The van der Waals surface area contributed by atoms with E-state index in [-0.39, 0.29) is 29.6 Å². The van der Waals surface area contributed by atoms with Crippen molar-refractivity contribution in [3.05, 3.63) is 70.1 Å². The first kappa shape index (κ1) is 18.7. The van der Waals surface area contributed by atoms with Gasteiger partial charge in [-0.25, -0.2) is 0 Å². The van der Waals surface area contributed by atoms with E-state index in [2.05, 4.69) is 9.97 Å². The molecule has 3 heterocycles. The van der Waals surface area contributed by atoms with Crippen LogP contribution in [0.15, 0.2) is 53.5 Å². The van der Waals surface area contributed by atoms with Gasteiger partial charge in [-0.2, -0.15) is 0 Å². The minimum atomic E-state index is -0.641. The monoisotopic (exact) mass is 392 g/mol. The number of aromatic nitrogens is 2. The molecule has 2 amide bonds. The van der Waals surface area contributed by atoms with Gasteiger partial charge in [0.25, 0.3) is 17.6 Å². The molecular weight excluding hydrogens is 372 g/mol. The van der Waals surface area contributed by atoms with Crippen molar-refractivity contribution in [2.45, 2.75) is 13.0 Å². The zero-order valence-corrected chi connectivity index (χ0v) is 15.8. The number of rotatable bonds is 3. The van der Waals surface area contributed by atoms with Crippen LogP contribution in [0.1, 0.15) is 27.6 Å². The number of hydrogen-bond acceptors (Lipinski definition) is 4. The lowest BCUT2D eigenvalue weighted by molar-refractivity contribution is -0.130. The summed E-state index contributed by atoms with van der Waals surface area (Å²) in [5.41, 5.74) is 0.928. The van der Waals surface area contributed by atoms with Crippen LogP contribution in [0.5, 0.6) is 0 Å². The van der Waals surface area contributed by atoms with E-state index < -0.39 is 11.7 Å². The van der Waals surface area contributed by atoms with E-state index in [1.54, 1.807) is 17.0 Å². The van der Waals surface area contributed by atoms with Crippen molar-refractivity contribution in [3.8, 4) is 0 Å². The van der Waals surface area contributed by atoms with Crippen LogP contribution < -0.4 is 5.56 Å². The second kappa shape index (κ2) is 7.38. The van der Waals surface area contributed by atoms with Crippen molar-refractivity contribution in [2.24, 2.45) is 0 Å². The highest BCUT2D eigenvalue weighted by molar-refractivity contribution is 6.44. The molecule has 2 aromatic heterocycles. The Kier molecular flexibility index (Phi) is 4.75. The van der Waals surface area contributed by atoms with Crippen LogP contribution >= 0.6 is 0 Å². The van der Waals surface area contributed by atoms with Crippen LogP contribution in [0.25, 0.3) is 11.0 Å². The van der Waals surface area contributed by atoms with Crippen LogP contribution in [0.2, 0.25) is 0 Å². The number of amides is 2. The maximum Gasteiger partial charge on any atom is 0.295 e. The number of carbonyl (C=O) groups excluding carboxylic acids is 3. The Hall–Kier alpha value is -3.68. The van der Waals surface area contributed by atoms with Gasteiger partial charge in [-0.15, -0.1) is 0 Å². The van der Waals surface area contributed by atoms with E-state index in [4.69, 9.17) is 0 Å². The van der Waals surface area contributed by atoms with Gasteiger partial charge in [0.05, 0.1) is 5.56 Å². The first-order valence-corrected chi connectivity index (χ1v) is 9.35. The van der Waals surface area contributed by atoms with Crippen LogP contribution in [0.4, 0.5) is 0 Å². The third-order valence-electron chi connectivity index (χ3n) is 5.21. The summed E-state index contributed by atoms with van der Waals surface area (Å²) in [5, 5.41) is 0.494. The minimum Gasteiger partial charge on any atom is -0.347 e. The van der Waals surface area contributed by atoms with Gasteiger partial charge < -0.3 is 19.8 Å². The standard InChI is InChI=1S/C21H20N4O4/c1-13-12-24(20(28)14-5-3-2-4-6-14)9-10-25(13)21(29)18(27)16-11-22-19-15(16)7-8-17(26)23-19/h2-8,11,13H,9-10,12H2,1H3,(H2,22,23,26)/t13-/m1/s1. The summed E-state index contributed by atoms with van der Waals surface area (Å²) in [4.78, 5) is 58.3. The fraction of sp³-hybridized carbons (Fsp3) is 0.238. The Morgan fingerprint density at radius 3 is 2.52 bits per heavy atom. The van der Waals surface area contributed by atoms with Crippen LogP contribution in [-0.4, -0.2) is 63.0 Å². The van der Waals surface area contributed by atoms with Gasteiger partial charge in [0.2, 0.25) is 5.56 Å². The number of nitrogens with one attached hydrogen (secondary N) is 2. The third kappa shape index (κ3) is 3.44. The van der Waals surface area contributed by atoms with Crippen molar-refractivity contribution in [2.75, 3.05) is 19.6 Å². The van der Waals surface area contributed by atoms with Crippen molar-refractivity contribution in [1.29, 1.82) is 0 Å². The second-order valence-electron chi connectivity index (χ2n) is 7.11. The highest BCUT2D eigenvalue weighted by Gasteiger charge is 2.34. The number of ketones is 1. The van der Waals surface area contributed by atoms with Crippen LogP contribution in [0.3, 0.4) is 0 Å². The first-order chi connectivity index (χ1) is 14.0. The van der Waals surface area contributed by atoms with Crippen molar-refractivity contribution < 1.29 is 14.4 Å². The number of aromatic amines is 2. The number of piperazine rings is 1. The van der Waals surface area contributed by atoms with Gasteiger partial charge in [0, 0.05) is 48.9 Å². The average molecular weight is 392 g/mol. The van der Waals surface area contributed by atoms with Crippen LogP contribution in [-0.2, 0) is 4.79 Å². The van der Waals surface area contributed by atoms with E-state index in [9.17, 15) is 19.2 Å². The smallest absolute Gasteiger partial charge is 0.295 e. The number of carbonyl (C=O) groups is 3. The molecule has 1 aromatic carbocycles. The van der Waals surface area contributed by atoms with Crippen LogP contribution in [0, 0.1) is 0 Å². The van der Waals surface area contributed by atoms with E-state index in [0.29, 0.717) is 29.7 Å². The molecule has 1 atom stereocenters. The van der Waals surface area contributed by atoms with E-state index in [1.165, 1.54) is 23.2 Å².